The van der Waals surface area contributed by atoms with Gasteiger partial charge in [0.05, 0.1) is 23.8 Å². The van der Waals surface area contributed by atoms with Crippen molar-refractivity contribution in [2.75, 3.05) is 4.90 Å². The van der Waals surface area contributed by atoms with Gasteiger partial charge in [-0.05, 0) is 73.1 Å². The normalized spacial score (nSPS) is 26.5. The van der Waals surface area contributed by atoms with E-state index < -0.39 is 36.7 Å². The molecule has 10 heteroatoms. The Hall–Kier alpha value is -4.54. The molecule has 5 aliphatic rings. The Labute approximate surface area is 241 Å². The lowest BCUT2D eigenvalue weighted by Crippen LogP contribution is -2.41. The first-order valence-corrected chi connectivity index (χ1v) is 13.9. The maximum atomic E-state index is 14.0. The smallest absolute Gasteiger partial charge is 0.488 e. The highest BCUT2D eigenvalue weighted by Gasteiger charge is 2.57. The van der Waals surface area contributed by atoms with E-state index in [1.165, 1.54) is 24.3 Å². The predicted molar refractivity (Wildman–Crippen MR) is 151 cm³/mol. The number of phenols is 1. The van der Waals surface area contributed by atoms with Gasteiger partial charge in [0.25, 0.3) is 0 Å². The lowest BCUT2D eigenvalue weighted by Gasteiger charge is -2.43. The quantitative estimate of drug-likeness (QED) is 0.223. The average Bonchev–Trinajstić information content (AvgIpc) is 3.24. The second kappa shape index (κ2) is 9.50. The summed E-state index contributed by atoms with van der Waals surface area (Å²) >= 11 is 0. The number of ketones is 2. The van der Waals surface area contributed by atoms with E-state index in [0.29, 0.717) is 28.9 Å². The lowest BCUT2D eigenvalue weighted by atomic mass is 9.58. The first-order valence-electron chi connectivity index (χ1n) is 13.9. The van der Waals surface area contributed by atoms with E-state index in [2.05, 4.69) is 0 Å². The van der Waals surface area contributed by atoms with Crippen molar-refractivity contribution in [2.45, 2.75) is 26.2 Å². The minimum Gasteiger partial charge on any atom is -0.508 e. The van der Waals surface area contributed by atoms with Crippen molar-refractivity contribution >= 4 is 41.6 Å². The molecule has 0 radical (unpaired) electrons. The van der Waals surface area contributed by atoms with E-state index >= 15 is 0 Å². The molecule has 2 heterocycles. The van der Waals surface area contributed by atoms with Crippen LogP contribution < -0.4 is 15.1 Å². The zero-order chi connectivity index (χ0) is 29.4. The molecular formula is C32H26BNO8. The molecule has 42 heavy (non-hydrogen) atoms. The number of amides is 2. The number of carbonyl (C=O) groups is 4. The first kappa shape index (κ1) is 26.4. The van der Waals surface area contributed by atoms with Crippen molar-refractivity contribution in [3.8, 4) is 11.5 Å². The van der Waals surface area contributed by atoms with Crippen LogP contribution in [0.1, 0.15) is 25.3 Å². The van der Waals surface area contributed by atoms with Crippen LogP contribution in [0.25, 0.3) is 0 Å². The van der Waals surface area contributed by atoms with Crippen molar-refractivity contribution in [1.82, 2.24) is 0 Å². The van der Waals surface area contributed by atoms with Gasteiger partial charge >= 0.3 is 7.12 Å². The molecule has 0 bridgehead atoms. The summed E-state index contributed by atoms with van der Waals surface area (Å²) in [6.07, 6.45) is 5.67. The maximum Gasteiger partial charge on any atom is 0.488 e. The van der Waals surface area contributed by atoms with Crippen LogP contribution in [0.15, 0.2) is 88.7 Å². The van der Waals surface area contributed by atoms with Crippen LogP contribution in [0.3, 0.4) is 0 Å². The standard InChI is InChI=1S/C32H26BNO8/c1-15-9-25(36)24-13-23-21(27(29(24)30(15)37)17-10-16-11-20(35)5-8-26(16)42-14-17)6-7-22-28(23)32(39)34(31(22)38)19-4-2-3-18(12-19)33(40)41/h2-6,8-9,11-12,14,22-23,27-28,35,40-41H,7,10,13H2,1H3/t22-,23+,27-,28-/m0/s1. The van der Waals surface area contributed by atoms with Gasteiger partial charge < -0.3 is 19.9 Å². The molecule has 1 saturated heterocycles. The SMILES string of the molecule is CC1=CC(=O)C2=C(C1=O)[C@@H](C1=COc3ccc(O)cc3C1)C1=CC[C@@H]3C(=O)N(c4cccc(B(O)O)c4)C(=O)[C@@H]3[C@@H]1C2. The van der Waals surface area contributed by atoms with Crippen molar-refractivity contribution in [2.24, 2.45) is 23.7 Å². The van der Waals surface area contributed by atoms with Gasteiger partial charge in [0.1, 0.15) is 11.5 Å². The third-order valence-electron chi connectivity index (χ3n) is 9.14. The summed E-state index contributed by atoms with van der Waals surface area (Å²) in [7, 11) is -1.76. The third-order valence-corrected chi connectivity index (χ3v) is 9.14. The molecule has 3 N–H and O–H groups in total. The predicted octanol–water partition coefficient (Wildman–Crippen LogP) is 2.06. The number of nitrogens with zero attached hydrogens (tertiary/aromatic N) is 1. The second-order valence-electron chi connectivity index (χ2n) is 11.5. The molecule has 3 aliphatic carbocycles. The number of rotatable bonds is 3. The van der Waals surface area contributed by atoms with E-state index in [4.69, 9.17) is 4.74 Å². The molecule has 2 aromatic carbocycles. The van der Waals surface area contributed by atoms with E-state index in [0.717, 1.165) is 21.6 Å². The number of benzene rings is 2. The summed E-state index contributed by atoms with van der Waals surface area (Å²) in [6, 6.07) is 10.8. The molecular weight excluding hydrogens is 537 g/mol. The number of hydrogen-bond donors (Lipinski definition) is 3. The number of hydrogen-bond acceptors (Lipinski definition) is 8. The molecule has 210 valence electrons. The number of aromatic hydroxyl groups is 1. The topological polar surface area (TPSA) is 141 Å². The van der Waals surface area contributed by atoms with Crippen LogP contribution in [0.5, 0.6) is 11.5 Å². The molecule has 1 fully saturated rings. The Bertz CT molecular complexity index is 1750. The Morgan fingerprint density at radius 2 is 1.81 bits per heavy atom. The number of ether oxygens (including phenoxy) is 1. The van der Waals surface area contributed by atoms with Crippen molar-refractivity contribution in [3.05, 3.63) is 94.3 Å². The average molecular weight is 563 g/mol. The van der Waals surface area contributed by atoms with E-state index in [1.54, 1.807) is 37.5 Å². The number of phenolic OH excluding ortho intramolecular Hbond substituents is 1. The highest BCUT2D eigenvalue weighted by Crippen LogP contribution is 2.55. The van der Waals surface area contributed by atoms with Gasteiger partial charge in [-0.25, -0.2) is 0 Å². The summed E-state index contributed by atoms with van der Waals surface area (Å²) in [5.74, 6) is -3.18. The minimum absolute atomic E-state index is 0.0791. The number of anilines is 1. The largest absolute Gasteiger partial charge is 0.508 e. The minimum atomic E-state index is -1.76. The van der Waals surface area contributed by atoms with Crippen molar-refractivity contribution < 1.29 is 39.1 Å². The fourth-order valence-corrected chi connectivity index (χ4v) is 7.25. The van der Waals surface area contributed by atoms with E-state index in [1.807, 2.05) is 6.08 Å². The van der Waals surface area contributed by atoms with Gasteiger partial charge in [-0.1, -0.05) is 23.8 Å². The van der Waals surface area contributed by atoms with E-state index in [9.17, 15) is 34.3 Å². The highest BCUT2D eigenvalue weighted by molar-refractivity contribution is 6.58. The van der Waals surface area contributed by atoms with Crippen LogP contribution in [0.4, 0.5) is 5.69 Å². The molecule has 0 saturated carbocycles. The molecule has 4 atom stereocenters. The van der Waals surface area contributed by atoms with Crippen LogP contribution in [0, 0.1) is 23.7 Å². The number of imide groups is 1. The molecule has 0 unspecified atom stereocenters. The van der Waals surface area contributed by atoms with Crippen LogP contribution in [-0.4, -0.2) is 45.7 Å². The highest BCUT2D eigenvalue weighted by atomic mass is 16.5. The summed E-state index contributed by atoms with van der Waals surface area (Å²) in [5.41, 5.74) is 3.76. The van der Waals surface area contributed by atoms with Gasteiger partial charge in [-0.2, -0.15) is 0 Å². The van der Waals surface area contributed by atoms with Crippen LogP contribution in [-0.2, 0) is 25.6 Å². The fraction of sp³-hybridized carbons (Fsp3) is 0.250. The van der Waals surface area contributed by atoms with Gasteiger partial charge in [-0.15, -0.1) is 0 Å². The van der Waals surface area contributed by atoms with Gasteiger partial charge in [-0.3, -0.25) is 24.1 Å². The zero-order valence-corrected chi connectivity index (χ0v) is 22.6. The summed E-state index contributed by atoms with van der Waals surface area (Å²) in [4.78, 5) is 55.8. The number of Topliss-reactive ketones (excluding diaryl/α,β-unsaturated/α-hetero) is 1. The number of carbonyl (C=O) groups excluding carboxylic acids is 4. The van der Waals surface area contributed by atoms with E-state index in [-0.39, 0.29) is 47.2 Å². The molecule has 2 aliphatic heterocycles. The summed E-state index contributed by atoms with van der Waals surface area (Å²) in [6.45, 7) is 1.62. The Kier molecular flexibility index (Phi) is 5.97. The summed E-state index contributed by atoms with van der Waals surface area (Å²) < 4.78 is 5.92. The molecule has 2 amide bonds. The van der Waals surface area contributed by atoms with Crippen LogP contribution in [0.2, 0.25) is 0 Å². The Morgan fingerprint density at radius 3 is 2.60 bits per heavy atom. The van der Waals surface area contributed by atoms with Gasteiger partial charge in [0.2, 0.25) is 11.8 Å². The van der Waals surface area contributed by atoms with Gasteiger partial charge in [0, 0.05) is 34.6 Å². The monoisotopic (exact) mass is 563 g/mol. The molecule has 2 aromatic rings. The van der Waals surface area contributed by atoms with Crippen molar-refractivity contribution in [3.63, 3.8) is 0 Å². The Morgan fingerprint density at radius 1 is 1.00 bits per heavy atom. The second-order valence-corrected chi connectivity index (χ2v) is 11.5. The molecule has 0 aromatic heterocycles. The van der Waals surface area contributed by atoms with Crippen LogP contribution >= 0.6 is 0 Å². The molecule has 9 nitrogen and oxygen atoms in total. The molecule has 0 spiro atoms. The maximum absolute atomic E-state index is 14.0. The number of allylic oxidation sites excluding steroid dienone is 7. The van der Waals surface area contributed by atoms with Crippen molar-refractivity contribution in [1.29, 1.82) is 0 Å². The molecule has 7 rings (SSSR count). The lowest BCUT2D eigenvalue weighted by molar-refractivity contribution is -0.123. The third kappa shape index (κ3) is 3.86. The summed E-state index contributed by atoms with van der Waals surface area (Å²) in [5, 5.41) is 29.4. The fourth-order valence-electron chi connectivity index (χ4n) is 7.25. The Balaban J connectivity index is 1.32. The van der Waals surface area contributed by atoms with Gasteiger partial charge in [0.15, 0.2) is 11.6 Å². The zero-order valence-electron chi connectivity index (χ0n) is 22.6. The first-order chi connectivity index (χ1) is 20.1. The number of fused-ring (bicyclic) bond motifs is 4.